The molecule has 0 spiro atoms. The zero-order valence-electron chi connectivity index (χ0n) is 14.5. The summed E-state index contributed by atoms with van der Waals surface area (Å²) in [7, 11) is 1.75. The highest BCUT2D eigenvalue weighted by Crippen LogP contribution is 2.34. The van der Waals surface area contributed by atoms with E-state index >= 15 is 0 Å². The topological polar surface area (TPSA) is 78.9 Å². The molecule has 4 rings (SSSR count). The standard InChI is InChI=1S/C18H23N5O2/c1-3-23-17(20-21-18(23)24)16-9-13(25-2)11-22(16)10-12-5-4-6-15-14(12)7-8-19-15/h4-8,13,16,19H,3,9-11H2,1-2H3,(H,21,24)/t13-,16-/m0/s1. The fraction of sp³-hybridized carbons (Fsp3) is 0.444. The van der Waals surface area contributed by atoms with Crippen molar-refractivity contribution in [3.63, 3.8) is 0 Å². The first kappa shape index (κ1) is 16.1. The van der Waals surface area contributed by atoms with Crippen molar-refractivity contribution in [2.45, 2.75) is 38.6 Å². The van der Waals surface area contributed by atoms with Crippen molar-refractivity contribution in [3.05, 3.63) is 52.3 Å². The van der Waals surface area contributed by atoms with Gasteiger partial charge in [-0.1, -0.05) is 12.1 Å². The lowest BCUT2D eigenvalue weighted by Gasteiger charge is -2.24. The van der Waals surface area contributed by atoms with Crippen LogP contribution in [-0.2, 0) is 17.8 Å². The number of fused-ring (bicyclic) bond motifs is 1. The predicted octanol–water partition coefficient (Wildman–Crippen LogP) is 2.03. The van der Waals surface area contributed by atoms with Gasteiger partial charge < -0.3 is 9.72 Å². The first-order chi connectivity index (χ1) is 12.2. The highest BCUT2D eigenvalue weighted by molar-refractivity contribution is 5.82. The summed E-state index contributed by atoms with van der Waals surface area (Å²) in [5, 5.41) is 8.13. The Morgan fingerprint density at radius 3 is 3.04 bits per heavy atom. The lowest BCUT2D eigenvalue weighted by Crippen LogP contribution is -2.28. The van der Waals surface area contributed by atoms with Crippen LogP contribution in [0, 0.1) is 0 Å². The van der Waals surface area contributed by atoms with E-state index in [2.05, 4.69) is 44.3 Å². The van der Waals surface area contributed by atoms with Gasteiger partial charge >= 0.3 is 5.69 Å². The molecule has 0 amide bonds. The van der Waals surface area contributed by atoms with Gasteiger partial charge in [0, 0.05) is 43.8 Å². The van der Waals surface area contributed by atoms with Crippen molar-refractivity contribution in [3.8, 4) is 0 Å². The number of hydrogen-bond donors (Lipinski definition) is 2. The Labute approximate surface area is 145 Å². The molecule has 132 valence electrons. The number of likely N-dealkylation sites (tertiary alicyclic amines) is 1. The minimum absolute atomic E-state index is 0.0676. The number of aromatic amines is 2. The van der Waals surface area contributed by atoms with Crippen molar-refractivity contribution in [2.75, 3.05) is 13.7 Å². The highest BCUT2D eigenvalue weighted by atomic mass is 16.5. The molecule has 1 fully saturated rings. The maximum absolute atomic E-state index is 12.0. The largest absolute Gasteiger partial charge is 0.380 e. The van der Waals surface area contributed by atoms with Gasteiger partial charge in [-0.05, 0) is 31.0 Å². The minimum Gasteiger partial charge on any atom is -0.380 e. The third-order valence-corrected chi connectivity index (χ3v) is 5.16. The number of nitrogens with one attached hydrogen (secondary N) is 2. The van der Waals surface area contributed by atoms with Gasteiger partial charge in [0.1, 0.15) is 0 Å². The summed E-state index contributed by atoms with van der Waals surface area (Å²) in [6.07, 6.45) is 2.95. The second kappa shape index (κ2) is 6.50. The highest BCUT2D eigenvalue weighted by Gasteiger charge is 2.36. The van der Waals surface area contributed by atoms with Gasteiger partial charge in [0.25, 0.3) is 0 Å². The Morgan fingerprint density at radius 2 is 2.24 bits per heavy atom. The van der Waals surface area contributed by atoms with Crippen LogP contribution in [0.25, 0.3) is 10.9 Å². The number of methoxy groups -OCH3 is 1. The van der Waals surface area contributed by atoms with E-state index in [-0.39, 0.29) is 17.8 Å². The molecule has 25 heavy (non-hydrogen) atoms. The van der Waals surface area contributed by atoms with Crippen molar-refractivity contribution >= 4 is 10.9 Å². The van der Waals surface area contributed by atoms with Gasteiger partial charge in [0.15, 0.2) is 5.82 Å². The molecule has 3 heterocycles. The van der Waals surface area contributed by atoms with E-state index in [1.54, 1.807) is 11.7 Å². The molecule has 7 heteroatoms. The summed E-state index contributed by atoms with van der Waals surface area (Å²) in [6.45, 7) is 4.20. The summed E-state index contributed by atoms with van der Waals surface area (Å²) >= 11 is 0. The van der Waals surface area contributed by atoms with Crippen LogP contribution in [0.4, 0.5) is 0 Å². The van der Waals surface area contributed by atoms with E-state index in [4.69, 9.17) is 4.74 Å². The van der Waals surface area contributed by atoms with E-state index < -0.39 is 0 Å². The molecule has 0 unspecified atom stereocenters. The molecule has 0 aliphatic carbocycles. The predicted molar refractivity (Wildman–Crippen MR) is 95.4 cm³/mol. The van der Waals surface area contributed by atoms with Gasteiger partial charge in [-0.15, -0.1) is 0 Å². The molecule has 2 atom stereocenters. The van der Waals surface area contributed by atoms with E-state index in [0.717, 1.165) is 30.9 Å². The van der Waals surface area contributed by atoms with Gasteiger partial charge in [-0.2, -0.15) is 5.10 Å². The number of benzene rings is 1. The Morgan fingerprint density at radius 1 is 1.36 bits per heavy atom. The second-order valence-electron chi connectivity index (χ2n) is 6.53. The van der Waals surface area contributed by atoms with Crippen LogP contribution in [-0.4, -0.2) is 44.4 Å². The van der Waals surface area contributed by atoms with E-state index in [9.17, 15) is 4.79 Å². The fourth-order valence-electron chi connectivity index (χ4n) is 3.87. The molecular formula is C18H23N5O2. The van der Waals surface area contributed by atoms with Crippen LogP contribution in [0.15, 0.2) is 35.3 Å². The Kier molecular flexibility index (Phi) is 4.19. The molecule has 1 aromatic carbocycles. The van der Waals surface area contributed by atoms with Gasteiger partial charge in [-0.25, -0.2) is 9.89 Å². The van der Waals surface area contributed by atoms with E-state index in [0.29, 0.717) is 6.54 Å². The normalized spacial score (nSPS) is 21.4. The molecule has 2 aromatic heterocycles. The lowest BCUT2D eigenvalue weighted by molar-refractivity contribution is 0.107. The molecular weight excluding hydrogens is 318 g/mol. The molecule has 0 radical (unpaired) electrons. The van der Waals surface area contributed by atoms with Crippen molar-refractivity contribution in [2.24, 2.45) is 0 Å². The second-order valence-corrected chi connectivity index (χ2v) is 6.53. The number of hydrogen-bond acceptors (Lipinski definition) is 4. The molecule has 0 bridgehead atoms. The average molecular weight is 341 g/mol. The zero-order valence-corrected chi connectivity index (χ0v) is 14.5. The number of nitrogens with zero attached hydrogens (tertiary/aromatic N) is 3. The first-order valence-electron chi connectivity index (χ1n) is 8.68. The van der Waals surface area contributed by atoms with Gasteiger partial charge in [0.05, 0.1) is 12.1 Å². The summed E-state index contributed by atoms with van der Waals surface area (Å²) in [5.74, 6) is 0.799. The van der Waals surface area contributed by atoms with Crippen LogP contribution in [0.1, 0.15) is 30.8 Å². The van der Waals surface area contributed by atoms with Gasteiger partial charge in [0.2, 0.25) is 0 Å². The minimum atomic E-state index is -0.147. The van der Waals surface area contributed by atoms with E-state index in [1.165, 1.54) is 10.9 Å². The third kappa shape index (κ3) is 2.79. The molecule has 1 saturated heterocycles. The number of ether oxygens (including phenoxy) is 1. The SMILES string of the molecule is CCn1c([C@@H]2C[C@H](OC)CN2Cc2cccc3[nH]ccc23)n[nH]c1=O. The maximum atomic E-state index is 12.0. The molecule has 2 N–H and O–H groups in total. The average Bonchev–Trinajstić information content (AvgIpc) is 3.32. The summed E-state index contributed by atoms with van der Waals surface area (Å²) in [6, 6.07) is 8.49. The number of rotatable bonds is 5. The smallest absolute Gasteiger partial charge is 0.343 e. The van der Waals surface area contributed by atoms with Crippen molar-refractivity contribution in [1.29, 1.82) is 0 Å². The third-order valence-electron chi connectivity index (χ3n) is 5.16. The Hall–Kier alpha value is -2.38. The lowest BCUT2D eigenvalue weighted by atomic mass is 10.1. The number of H-pyrrole nitrogens is 2. The Bertz CT molecular complexity index is 925. The van der Waals surface area contributed by atoms with Gasteiger partial charge in [-0.3, -0.25) is 9.47 Å². The zero-order chi connectivity index (χ0) is 17.4. The summed E-state index contributed by atoms with van der Waals surface area (Å²) in [4.78, 5) is 17.6. The van der Waals surface area contributed by atoms with Crippen molar-refractivity contribution < 1.29 is 4.74 Å². The van der Waals surface area contributed by atoms with Crippen LogP contribution >= 0.6 is 0 Å². The summed E-state index contributed by atoms with van der Waals surface area (Å²) < 4.78 is 7.33. The Balaban J connectivity index is 1.68. The first-order valence-corrected chi connectivity index (χ1v) is 8.68. The monoisotopic (exact) mass is 341 g/mol. The maximum Gasteiger partial charge on any atom is 0.343 e. The quantitative estimate of drug-likeness (QED) is 0.744. The molecule has 1 aliphatic rings. The van der Waals surface area contributed by atoms with Crippen molar-refractivity contribution in [1.82, 2.24) is 24.6 Å². The van der Waals surface area contributed by atoms with Crippen LogP contribution in [0.5, 0.6) is 0 Å². The molecule has 3 aromatic rings. The van der Waals surface area contributed by atoms with Crippen LogP contribution < -0.4 is 5.69 Å². The van der Waals surface area contributed by atoms with Crippen LogP contribution in [0.3, 0.4) is 0 Å². The molecule has 7 nitrogen and oxygen atoms in total. The summed E-state index contributed by atoms with van der Waals surface area (Å²) in [5.41, 5.74) is 2.26. The van der Waals surface area contributed by atoms with Crippen LogP contribution in [0.2, 0.25) is 0 Å². The number of aromatic nitrogens is 4. The molecule has 0 saturated carbocycles. The van der Waals surface area contributed by atoms with E-state index in [1.807, 2.05) is 13.1 Å². The fourth-order valence-corrected chi connectivity index (χ4v) is 3.87. The molecule has 1 aliphatic heterocycles.